The fraction of sp³-hybridized carbons (Fsp3) is 0.214. The van der Waals surface area contributed by atoms with Crippen LogP contribution in [0.25, 0.3) is 0 Å². The molecule has 0 fully saturated rings. The molecule has 3 N–H and O–H groups in total. The number of aromatic nitrogens is 1. The number of nitrogens with two attached hydrogens (primary N) is 1. The van der Waals surface area contributed by atoms with Gasteiger partial charge in [0.05, 0.1) is 11.4 Å². The summed E-state index contributed by atoms with van der Waals surface area (Å²) < 4.78 is 0. The van der Waals surface area contributed by atoms with Crippen LogP contribution in [0, 0.1) is 0 Å². The lowest BCUT2D eigenvalue weighted by Crippen LogP contribution is -2.12. The number of hydrogen-bond donors (Lipinski definition) is 2. The van der Waals surface area contributed by atoms with E-state index in [0.717, 1.165) is 28.4 Å². The second-order valence-electron chi connectivity index (χ2n) is 4.16. The highest BCUT2D eigenvalue weighted by molar-refractivity contribution is 5.50. The molecule has 0 radical (unpaired) electrons. The Morgan fingerprint density at radius 1 is 1.35 bits per heavy atom. The third kappa shape index (κ3) is 4.15. The van der Waals surface area contributed by atoms with Gasteiger partial charge in [-0.1, -0.05) is 23.8 Å². The molecule has 90 valence electrons. The lowest BCUT2D eigenvalue weighted by molar-refractivity contribution is 1.17. The van der Waals surface area contributed by atoms with Crippen LogP contribution in [0.1, 0.15) is 20.8 Å². The number of allylic oxidation sites excluding steroid dienone is 3. The Morgan fingerprint density at radius 2 is 2.06 bits per heavy atom. The Hall–Kier alpha value is -2.03. The molecule has 0 amide bonds. The van der Waals surface area contributed by atoms with E-state index in [4.69, 9.17) is 5.73 Å². The first-order valence-corrected chi connectivity index (χ1v) is 5.49. The van der Waals surface area contributed by atoms with Crippen molar-refractivity contribution in [2.75, 3.05) is 5.32 Å². The van der Waals surface area contributed by atoms with Gasteiger partial charge in [-0.15, -0.1) is 0 Å². The predicted molar refractivity (Wildman–Crippen MR) is 73.3 cm³/mol. The number of hydrogen-bond acceptors (Lipinski definition) is 3. The number of nitrogens with one attached hydrogen (secondary N) is 1. The standard InChI is InChI=1S/C14H19N3/c1-10(2)9-12(14(15)11(3)4)17-13-7-5-6-8-16-13/h5-9H,1,15H2,2-4H3,(H,16,17)/b12-9+. The Kier molecular flexibility index (Phi) is 4.52. The van der Waals surface area contributed by atoms with Gasteiger partial charge in [-0.2, -0.15) is 0 Å². The zero-order valence-electron chi connectivity index (χ0n) is 10.6. The topological polar surface area (TPSA) is 50.9 Å². The minimum atomic E-state index is 0.721. The molecule has 0 saturated carbocycles. The zero-order valence-corrected chi connectivity index (χ0v) is 10.6. The molecule has 3 heteroatoms. The highest BCUT2D eigenvalue weighted by Gasteiger charge is 2.04. The SMILES string of the molecule is C=C(C)/C=C(/Nc1ccccn1)C(N)=C(C)C. The van der Waals surface area contributed by atoms with Crippen molar-refractivity contribution < 1.29 is 0 Å². The molecule has 1 aromatic rings. The van der Waals surface area contributed by atoms with Crippen LogP contribution in [0.15, 0.2) is 59.6 Å². The van der Waals surface area contributed by atoms with Crippen LogP contribution in [0.2, 0.25) is 0 Å². The van der Waals surface area contributed by atoms with Crippen LogP contribution in [0.5, 0.6) is 0 Å². The van der Waals surface area contributed by atoms with E-state index in [9.17, 15) is 0 Å². The van der Waals surface area contributed by atoms with Crippen LogP contribution in [-0.4, -0.2) is 4.98 Å². The molecule has 0 unspecified atom stereocenters. The Bertz CT molecular complexity index is 452. The average Bonchev–Trinajstić information content (AvgIpc) is 2.28. The van der Waals surface area contributed by atoms with Crippen molar-refractivity contribution in [2.24, 2.45) is 5.73 Å². The van der Waals surface area contributed by atoms with Gasteiger partial charge in [0.25, 0.3) is 0 Å². The summed E-state index contributed by atoms with van der Waals surface area (Å²) in [6.45, 7) is 9.74. The molecule has 1 aromatic heterocycles. The van der Waals surface area contributed by atoms with Crippen molar-refractivity contribution in [2.45, 2.75) is 20.8 Å². The molecule has 17 heavy (non-hydrogen) atoms. The van der Waals surface area contributed by atoms with Gasteiger partial charge in [-0.05, 0) is 39.0 Å². The van der Waals surface area contributed by atoms with Crippen LogP contribution in [0.4, 0.5) is 5.82 Å². The van der Waals surface area contributed by atoms with Crippen LogP contribution < -0.4 is 11.1 Å². The largest absolute Gasteiger partial charge is 0.397 e. The highest BCUT2D eigenvalue weighted by atomic mass is 15.0. The van der Waals surface area contributed by atoms with E-state index in [2.05, 4.69) is 16.9 Å². The molecular weight excluding hydrogens is 210 g/mol. The first-order chi connectivity index (χ1) is 8.00. The van der Waals surface area contributed by atoms with Gasteiger partial charge in [0.2, 0.25) is 0 Å². The van der Waals surface area contributed by atoms with Gasteiger partial charge in [-0.25, -0.2) is 4.98 Å². The average molecular weight is 229 g/mol. The molecular formula is C14H19N3. The lowest BCUT2D eigenvalue weighted by atomic mass is 10.1. The molecule has 0 bridgehead atoms. The van der Waals surface area contributed by atoms with Crippen molar-refractivity contribution in [3.63, 3.8) is 0 Å². The number of anilines is 1. The fourth-order valence-corrected chi connectivity index (χ4v) is 1.27. The summed E-state index contributed by atoms with van der Waals surface area (Å²) in [5.74, 6) is 0.768. The molecule has 0 spiro atoms. The highest BCUT2D eigenvalue weighted by Crippen LogP contribution is 2.14. The number of rotatable bonds is 4. The number of nitrogens with zero attached hydrogens (tertiary/aromatic N) is 1. The first kappa shape index (κ1) is 13.0. The molecule has 1 rings (SSSR count). The normalized spacial score (nSPS) is 10.9. The summed E-state index contributed by atoms with van der Waals surface area (Å²) in [4.78, 5) is 4.21. The van der Waals surface area contributed by atoms with Gasteiger partial charge in [0, 0.05) is 6.20 Å². The summed E-state index contributed by atoms with van der Waals surface area (Å²) in [7, 11) is 0. The lowest BCUT2D eigenvalue weighted by Gasteiger charge is -2.12. The zero-order chi connectivity index (χ0) is 12.8. The third-order valence-electron chi connectivity index (χ3n) is 2.15. The maximum atomic E-state index is 6.04. The molecule has 0 atom stereocenters. The fourth-order valence-electron chi connectivity index (χ4n) is 1.27. The second-order valence-corrected chi connectivity index (χ2v) is 4.16. The second kappa shape index (κ2) is 5.89. The van der Waals surface area contributed by atoms with Crippen LogP contribution >= 0.6 is 0 Å². The summed E-state index contributed by atoms with van der Waals surface area (Å²) >= 11 is 0. The smallest absolute Gasteiger partial charge is 0.130 e. The molecule has 1 heterocycles. The predicted octanol–water partition coefficient (Wildman–Crippen LogP) is 3.21. The van der Waals surface area contributed by atoms with Crippen molar-refractivity contribution in [1.29, 1.82) is 0 Å². The molecule has 0 aliphatic heterocycles. The number of pyridine rings is 1. The molecule has 0 saturated heterocycles. The minimum Gasteiger partial charge on any atom is -0.397 e. The quantitative estimate of drug-likeness (QED) is 0.779. The Morgan fingerprint density at radius 3 is 2.53 bits per heavy atom. The van der Waals surface area contributed by atoms with Crippen LogP contribution in [-0.2, 0) is 0 Å². The van der Waals surface area contributed by atoms with Crippen molar-refractivity contribution in [1.82, 2.24) is 4.98 Å². The van der Waals surface area contributed by atoms with E-state index in [-0.39, 0.29) is 0 Å². The summed E-state index contributed by atoms with van der Waals surface area (Å²) in [6.07, 6.45) is 3.65. The first-order valence-electron chi connectivity index (χ1n) is 5.49. The van der Waals surface area contributed by atoms with Gasteiger partial charge >= 0.3 is 0 Å². The van der Waals surface area contributed by atoms with E-state index in [1.54, 1.807) is 6.20 Å². The molecule has 0 aliphatic carbocycles. The Labute approximate surface area is 103 Å². The van der Waals surface area contributed by atoms with Crippen molar-refractivity contribution in [3.05, 3.63) is 59.6 Å². The monoisotopic (exact) mass is 229 g/mol. The van der Waals surface area contributed by atoms with E-state index in [1.807, 2.05) is 45.0 Å². The van der Waals surface area contributed by atoms with E-state index in [1.165, 1.54) is 0 Å². The van der Waals surface area contributed by atoms with Crippen LogP contribution in [0.3, 0.4) is 0 Å². The van der Waals surface area contributed by atoms with Gasteiger partial charge in [-0.3, -0.25) is 0 Å². The maximum absolute atomic E-state index is 6.04. The Balaban J connectivity index is 3.02. The van der Waals surface area contributed by atoms with Crippen molar-refractivity contribution >= 4 is 5.82 Å². The molecule has 3 nitrogen and oxygen atoms in total. The molecule has 0 aromatic carbocycles. The van der Waals surface area contributed by atoms with E-state index >= 15 is 0 Å². The van der Waals surface area contributed by atoms with Gasteiger partial charge in [0.1, 0.15) is 5.82 Å². The summed E-state index contributed by atoms with van der Waals surface area (Å²) in [5, 5.41) is 3.20. The maximum Gasteiger partial charge on any atom is 0.130 e. The van der Waals surface area contributed by atoms with Gasteiger partial charge in [0.15, 0.2) is 0 Å². The van der Waals surface area contributed by atoms with E-state index < -0.39 is 0 Å². The summed E-state index contributed by atoms with van der Waals surface area (Å²) in [5.41, 5.74) is 9.58. The summed E-state index contributed by atoms with van der Waals surface area (Å²) in [6, 6.07) is 5.69. The van der Waals surface area contributed by atoms with E-state index in [0.29, 0.717) is 0 Å². The molecule has 0 aliphatic rings. The third-order valence-corrected chi connectivity index (χ3v) is 2.15. The van der Waals surface area contributed by atoms with Gasteiger partial charge < -0.3 is 11.1 Å². The minimum absolute atomic E-state index is 0.721. The van der Waals surface area contributed by atoms with Crippen molar-refractivity contribution in [3.8, 4) is 0 Å².